The molecular formula is C17H23NO4. The molecular weight excluding hydrogens is 282 g/mol. The third-order valence-electron chi connectivity index (χ3n) is 3.79. The summed E-state index contributed by atoms with van der Waals surface area (Å²) in [7, 11) is 0. The molecule has 0 radical (unpaired) electrons. The normalized spacial score (nSPS) is 21.7. The molecule has 1 amide bonds. The molecule has 1 saturated heterocycles. The van der Waals surface area contributed by atoms with Crippen LogP contribution in [0.25, 0.3) is 0 Å². The number of carboxylic acid groups (broad SMARTS) is 1. The Kier molecular flexibility index (Phi) is 4.44. The van der Waals surface area contributed by atoms with E-state index in [1.807, 2.05) is 31.2 Å². The average molecular weight is 305 g/mol. The van der Waals surface area contributed by atoms with Gasteiger partial charge in [-0.2, -0.15) is 0 Å². The second-order valence-corrected chi connectivity index (χ2v) is 6.85. The van der Waals surface area contributed by atoms with Crippen molar-refractivity contribution in [2.24, 2.45) is 5.92 Å². The third-order valence-corrected chi connectivity index (χ3v) is 3.79. The van der Waals surface area contributed by atoms with E-state index in [9.17, 15) is 14.7 Å². The van der Waals surface area contributed by atoms with Gasteiger partial charge in [0.2, 0.25) is 0 Å². The Labute approximate surface area is 130 Å². The zero-order chi connectivity index (χ0) is 16.5. The number of carbonyl (C=O) groups is 2. The first-order chi connectivity index (χ1) is 10.2. The Bertz CT molecular complexity index is 559. The molecule has 0 saturated carbocycles. The molecule has 0 spiro atoms. The highest BCUT2D eigenvalue weighted by molar-refractivity contribution is 5.76. The van der Waals surface area contributed by atoms with Gasteiger partial charge in [-0.1, -0.05) is 29.8 Å². The topological polar surface area (TPSA) is 66.8 Å². The fraction of sp³-hybridized carbons (Fsp3) is 0.529. The molecule has 0 bridgehead atoms. The van der Waals surface area contributed by atoms with Crippen LogP contribution in [-0.4, -0.2) is 40.8 Å². The summed E-state index contributed by atoms with van der Waals surface area (Å²) in [5.41, 5.74) is 1.49. The van der Waals surface area contributed by atoms with Gasteiger partial charge in [-0.25, -0.2) is 4.79 Å². The van der Waals surface area contributed by atoms with Gasteiger partial charge in [0.25, 0.3) is 0 Å². The Hall–Kier alpha value is -2.04. The lowest BCUT2D eigenvalue weighted by atomic mass is 9.89. The molecule has 120 valence electrons. The molecule has 0 aromatic heterocycles. The molecule has 2 rings (SSSR count). The van der Waals surface area contributed by atoms with Crippen molar-refractivity contribution in [2.45, 2.75) is 39.2 Å². The third kappa shape index (κ3) is 3.78. The molecule has 1 fully saturated rings. The van der Waals surface area contributed by atoms with Crippen LogP contribution in [0.2, 0.25) is 0 Å². The van der Waals surface area contributed by atoms with Gasteiger partial charge in [0.05, 0.1) is 5.92 Å². The number of aryl methyl sites for hydroxylation is 1. The van der Waals surface area contributed by atoms with Crippen LogP contribution < -0.4 is 0 Å². The molecule has 0 aliphatic carbocycles. The van der Waals surface area contributed by atoms with Crippen molar-refractivity contribution in [1.82, 2.24) is 4.90 Å². The number of hydrogen-bond donors (Lipinski definition) is 1. The molecule has 2 unspecified atom stereocenters. The zero-order valence-corrected chi connectivity index (χ0v) is 13.5. The summed E-state index contributed by atoms with van der Waals surface area (Å²) in [4.78, 5) is 25.2. The maximum absolute atomic E-state index is 12.2. The highest BCUT2D eigenvalue weighted by Crippen LogP contribution is 2.33. The number of aliphatic carboxylic acids is 1. The van der Waals surface area contributed by atoms with Gasteiger partial charge in [-0.15, -0.1) is 0 Å². The molecule has 1 aliphatic heterocycles. The van der Waals surface area contributed by atoms with Crippen molar-refractivity contribution in [3.05, 3.63) is 35.4 Å². The van der Waals surface area contributed by atoms with Crippen LogP contribution in [-0.2, 0) is 9.53 Å². The first-order valence-electron chi connectivity index (χ1n) is 7.44. The summed E-state index contributed by atoms with van der Waals surface area (Å²) in [5, 5.41) is 9.45. The molecule has 5 heteroatoms. The van der Waals surface area contributed by atoms with Gasteiger partial charge in [0.1, 0.15) is 5.60 Å². The second-order valence-electron chi connectivity index (χ2n) is 6.85. The first-order valence-corrected chi connectivity index (χ1v) is 7.44. The quantitative estimate of drug-likeness (QED) is 0.912. The maximum Gasteiger partial charge on any atom is 0.410 e. The smallest absolute Gasteiger partial charge is 0.410 e. The van der Waals surface area contributed by atoms with Crippen LogP contribution in [0.1, 0.15) is 37.8 Å². The largest absolute Gasteiger partial charge is 0.481 e. The SMILES string of the molecule is Cc1ccc(C2CN(C(=O)OC(C)(C)C)CC2C(=O)O)cc1. The summed E-state index contributed by atoms with van der Waals surface area (Å²) in [6.45, 7) is 7.94. The number of rotatable bonds is 2. The van der Waals surface area contributed by atoms with Gasteiger partial charge < -0.3 is 14.7 Å². The zero-order valence-electron chi connectivity index (χ0n) is 13.5. The molecule has 1 heterocycles. The van der Waals surface area contributed by atoms with Crippen LogP contribution in [0, 0.1) is 12.8 Å². The number of ether oxygens (including phenoxy) is 1. The molecule has 22 heavy (non-hydrogen) atoms. The van der Waals surface area contributed by atoms with Crippen molar-refractivity contribution < 1.29 is 19.4 Å². The highest BCUT2D eigenvalue weighted by atomic mass is 16.6. The van der Waals surface area contributed by atoms with E-state index >= 15 is 0 Å². The van der Waals surface area contributed by atoms with Crippen LogP contribution in [0.5, 0.6) is 0 Å². The van der Waals surface area contributed by atoms with Crippen molar-refractivity contribution in [1.29, 1.82) is 0 Å². The van der Waals surface area contributed by atoms with Gasteiger partial charge >= 0.3 is 12.1 Å². The van der Waals surface area contributed by atoms with E-state index in [-0.39, 0.29) is 12.5 Å². The van der Waals surface area contributed by atoms with Crippen LogP contribution in [0.3, 0.4) is 0 Å². The van der Waals surface area contributed by atoms with Gasteiger partial charge in [0, 0.05) is 19.0 Å². The summed E-state index contributed by atoms with van der Waals surface area (Å²) in [6.07, 6.45) is -0.451. The van der Waals surface area contributed by atoms with E-state index in [4.69, 9.17) is 4.74 Å². The molecule has 5 nitrogen and oxygen atoms in total. The number of amides is 1. The van der Waals surface area contributed by atoms with Crippen LogP contribution in [0.15, 0.2) is 24.3 Å². The van der Waals surface area contributed by atoms with Crippen molar-refractivity contribution in [2.75, 3.05) is 13.1 Å². The Morgan fingerprint density at radius 1 is 1.18 bits per heavy atom. The number of benzene rings is 1. The summed E-state index contributed by atoms with van der Waals surface area (Å²) in [6, 6.07) is 7.80. The predicted molar refractivity (Wildman–Crippen MR) is 82.9 cm³/mol. The number of hydrogen-bond acceptors (Lipinski definition) is 3. The number of carboxylic acids is 1. The first kappa shape index (κ1) is 16.3. The van der Waals surface area contributed by atoms with Crippen LogP contribution >= 0.6 is 0 Å². The lowest BCUT2D eigenvalue weighted by Crippen LogP contribution is -2.35. The second kappa shape index (κ2) is 5.99. The van der Waals surface area contributed by atoms with Crippen molar-refractivity contribution in [3.63, 3.8) is 0 Å². The van der Waals surface area contributed by atoms with E-state index in [2.05, 4.69) is 0 Å². The van der Waals surface area contributed by atoms with E-state index in [1.165, 1.54) is 4.90 Å². The Morgan fingerprint density at radius 2 is 1.77 bits per heavy atom. The minimum Gasteiger partial charge on any atom is -0.481 e. The van der Waals surface area contributed by atoms with Crippen LogP contribution in [0.4, 0.5) is 4.79 Å². The lowest BCUT2D eigenvalue weighted by Gasteiger charge is -2.24. The van der Waals surface area contributed by atoms with Gasteiger partial charge in [0.15, 0.2) is 0 Å². The van der Waals surface area contributed by atoms with Gasteiger partial charge in [-0.05, 0) is 33.3 Å². The standard InChI is InChI=1S/C17H23NO4/c1-11-5-7-12(8-6-11)13-9-18(10-14(13)15(19)20)16(21)22-17(2,3)4/h5-8,13-14H,9-10H2,1-4H3,(H,19,20). The fourth-order valence-corrected chi connectivity index (χ4v) is 2.68. The van der Waals surface area contributed by atoms with E-state index in [1.54, 1.807) is 20.8 Å². The Balaban J connectivity index is 2.18. The Morgan fingerprint density at radius 3 is 2.27 bits per heavy atom. The minimum absolute atomic E-state index is 0.183. The average Bonchev–Trinajstić information content (AvgIpc) is 2.83. The number of carbonyl (C=O) groups excluding carboxylic acids is 1. The maximum atomic E-state index is 12.2. The van der Waals surface area contributed by atoms with Gasteiger partial charge in [-0.3, -0.25) is 4.79 Å². The van der Waals surface area contributed by atoms with Crippen molar-refractivity contribution in [3.8, 4) is 0 Å². The highest BCUT2D eigenvalue weighted by Gasteiger charge is 2.41. The molecule has 1 aromatic rings. The minimum atomic E-state index is -0.878. The molecule has 1 aromatic carbocycles. The summed E-state index contributed by atoms with van der Waals surface area (Å²) in [5.74, 6) is -1.68. The molecule has 2 atom stereocenters. The number of likely N-dealkylation sites (tertiary alicyclic amines) is 1. The summed E-state index contributed by atoms with van der Waals surface area (Å²) >= 11 is 0. The monoisotopic (exact) mass is 305 g/mol. The fourth-order valence-electron chi connectivity index (χ4n) is 2.68. The van der Waals surface area contributed by atoms with E-state index in [0.717, 1.165) is 11.1 Å². The van der Waals surface area contributed by atoms with Crippen molar-refractivity contribution >= 4 is 12.1 Å². The number of nitrogens with zero attached hydrogens (tertiary/aromatic N) is 1. The molecule has 1 aliphatic rings. The lowest BCUT2D eigenvalue weighted by molar-refractivity contribution is -0.141. The molecule has 1 N–H and O–H groups in total. The summed E-state index contributed by atoms with van der Waals surface area (Å²) < 4.78 is 5.35. The van der Waals surface area contributed by atoms with E-state index in [0.29, 0.717) is 6.54 Å². The van der Waals surface area contributed by atoms with E-state index < -0.39 is 23.6 Å². The predicted octanol–water partition coefficient (Wildman–Crippen LogP) is 3.03.